The largest absolute Gasteiger partial charge is 0.377 e. The zero-order chi connectivity index (χ0) is 17.7. The molecule has 0 aliphatic rings. The van der Waals surface area contributed by atoms with Gasteiger partial charge in [0.1, 0.15) is 12.8 Å². The third kappa shape index (κ3) is 12.1. The second-order valence-electron chi connectivity index (χ2n) is 5.55. The molecule has 0 saturated carbocycles. The molecule has 2 atom stereocenters. The van der Waals surface area contributed by atoms with Gasteiger partial charge in [-0.05, 0) is 6.92 Å². The first-order chi connectivity index (χ1) is 10.9. The Morgan fingerprint density at radius 1 is 1.04 bits per heavy atom. The Balaban J connectivity index is 3.53. The second kappa shape index (κ2) is 13.4. The average Bonchev–Trinajstić information content (AvgIpc) is 2.53. The molecule has 0 aromatic heterocycles. The monoisotopic (exact) mass is 335 g/mol. The van der Waals surface area contributed by atoms with Gasteiger partial charge in [-0.3, -0.25) is 9.59 Å². The van der Waals surface area contributed by atoms with Crippen molar-refractivity contribution in [3.8, 4) is 0 Å². The molecule has 23 heavy (non-hydrogen) atoms. The Morgan fingerprint density at radius 2 is 1.65 bits per heavy atom. The van der Waals surface area contributed by atoms with E-state index in [4.69, 9.17) is 14.2 Å². The van der Waals surface area contributed by atoms with Gasteiger partial charge in [0.25, 0.3) is 0 Å². The summed E-state index contributed by atoms with van der Waals surface area (Å²) >= 11 is 0. The maximum atomic E-state index is 13.8. The highest BCUT2D eigenvalue weighted by Gasteiger charge is 2.18. The summed E-state index contributed by atoms with van der Waals surface area (Å²) in [5, 5.41) is 2.53. The molecular weight excluding hydrogens is 305 g/mol. The van der Waals surface area contributed by atoms with Gasteiger partial charge < -0.3 is 19.5 Å². The fraction of sp³-hybridized carbons (Fsp3) is 0.875. The molecule has 0 aliphatic carbocycles. The number of hydrogen-bond donors (Lipinski definition) is 1. The van der Waals surface area contributed by atoms with E-state index in [1.54, 1.807) is 27.7 Å². The van der Waals surface area contributed by atoms with Gasteiger partial charge in [0.2, 0.25) is 5.91 Å². The lowest BCUT2D eigenvalue weighted by Gasteiger charge is -2.18. The summed E-state index contributed by atoms with van der Waals surface area (Å²) in [6, 6.07) is 0. The number of rotatable bonds is 14. The van der Waals surface area contributed by atoms with Crippen LogP contribution in [-0.2, 0) is 23.8 Å². The molecule has 136 valence electrons. The van der Waals surface area contributed by atoms with E-state index in [0.29, 0.717) is 26.2 Å². The van der Waals surface area contributed by atoms with Crippen LogP contribution in [0, 0.1) is 5.92 Å². The van der Waals surface area contributed by atoms with Gasteiger partial charge in [-0.2, -0.15) is 0 Å². The number of alkyl halides is 1. The molecule has 0 aromatic carbocycles. The van der Waals surface area contributed by atoms with Crippen LogP contribution in [0.1, 0.15) is 34.1 Å². The summed E-state index contributed by atoms with van der Waals surface area (Å²) in [5.74, 6) is -0.285. The average molecular weight is 335 g/mol. The SMILES string of the molecule is CCC(=O)COCCOCCOC(C)C(F)CNC(=O)C(C)C. The van der Waals surface area contributed by atoms with Crippen molar-refractivity contribution in [3.05, 3.63) is 0 Å². The van der Waals surface area contributed by atoms with Crippen molar-refractivity contribution in [2.75, 3.05) is 39.6 Å². The van der Waals surface area contributed by atoms with E-state index in [0.717, 1.165) is 0 Å². The summed E-state index contributed by atoms with van der Waals surface area (Å²) in [7, 11) is 0. The van der Waals surface area contributed by atoms with Crippen LogP contribution in [0.25, 0.3) is 0 Å². The van der Waals surface area contributed by atoms with Crippen LogP contribution in [0.4, 0.5) is 4.39 Å². The molecule has 1 amide bonds. The predicted molar refractivity (Wildman–Crippen MR) is 85.1 cm³/mol. The van der Waals surface area contributed by atoms with E-state index in [-0.39, 0.29) is 37.4 Å². The zero-order valence-electron chi connectivity index (χ0n) is 14.6. The highest BCUT2D eigenvalue weighted by molar-refractivity contribution is 5.79. The quantitative estimate of drug-likeness (QED) is 0.487. The molecule has 0 aliphatic heterocycles. The highest BCUT2D eigenvalue weighted by atomic mass is 19.1. The number of ketones is 1. The summed E-state index contributed by atoms with van der Waals surface area (Å²) in [4.78, 5) is 22.3. The number of carbonyl (C=O) groups is 2. The first-order valence-electron chi connectivity index (χ1n) is 8.09. The van der Waals surface area contributed by atoms with Crippen molar-refractivity contribution in [1.29, 1.82) is 0 Å². The number of carbonyl (C=O) groups excluding carboxylic acids is 2. The Labute approximate surface area is 138 Å². The van der Waals surface area contributed by atoms with Crippen molar-refractivity contribution in [2.24, 2.45) is 5.92 Å². The van der Waals surface area contributed by atoms with Gasteiger partial charge in [-0.25, -0.2) is 4.39 Å². The third-order valence-electron chi connectivity index (χ3n) is 3.14. The lowest BCUT2D eigenvalue weighted by Crippen LogP contribution is -2.38. The zero-order valence-corrected chi connectivity index (χ0v) is 14.6. The summed E-state index contributed by atoms with van der Waals surface area (Å²) in [6.45, 7) is 8.24. The first kappa shape index (κ1) is 21.9. The molecule has 0 rings (SSSR count). The number of nitrogens with one attached hydrogen (secondary N) is 1. The van der Waals surface area contributed by atoms with Crippen LogP contribution in [0.5, 0.6) is 0 Å². The lowest BCUT2D eigenvalue weighted by atomic mass is 10.2. The van der Waals surface area contributed by atoms with Crippen molar-refractivity contribution in [2.45, 2.75) is 46.4 Å². The molecule has 0 fully saturated rings. The van der Waals surface area contributed by atoms with Gasteiger partial charge in [-0.1, -0.05) is 20.8 Å². The van der Waals surface area contributed by atoms with Crippen molar-refractivity contribution < 1.29 is 28.2 Å². The summed E-state index contributed by atoms with van der Waals surface area (Å²) in [6.07, 6.45) is -1.42. The van der Waals surface area contributed by atoms with Crippen LogP contribution in [0.15, 0.2) is 0 Å². The second-order valence-corrected chi connectivity index (χ2v) is 5.55. The van der Waals surface area contributed by atoms with Crippen LogP contribution < -0.4 is 5.32 Å². The van der Waals surface area contributed by atoms with Gasteiger partial charge >= 0.3 is 0 Å². The minimum Gasteiger partial charge on any atom is -0.377 e. The molecular formula is C16H30FNO5. The highest BCUT2D eigenvalue weighted by Crippen LogP contribution is 2.03. The number of amides is 1. The summed E-state index contributed by atoms with van der Waals surface area (Å²) in [5.41, 5.74) is 0. The molecule has 0 saturated heterocycles. The predicted octanol–water partition coefficient (Wildman–Crippen LogP) is 1.51. The smallest absolute Gasteiger partial charge is 0.222 e. The van der Waals surface area contributed by atoms with E-state index < -0.39 is 12.3 Å². The number of halogens is 1. The van der Waals surface area contributed by atoms with E-state index in [1.165, 1.54) is 0 Å². The van der Waals surface area contributed by atoms with Crippen LogP contribution in [-0.4, -0.2) is 63.5 Å². The van der Waals surface area contributed by atoms with Crippen LogP contribution in [0.3, 0.4) is 0 Å². The van der Waals surface area contributed by atoms with Gasteiger partial charge in [0, 0.05) is 12.3 Å². The third-order valence-corrected chi connectivity index (χ3v) is 3.14. The Morgan fingerprint density at radius 3 is 2.26 bits per heavy atom. The minimum atomic E-state index is -1.26. The van der Waals surface area contributed by atoms with E-state index in [2.05, 4.69) is 5.32 Å². The first-order valence-corrected chi connectivity index (χ1v) is 8.09. The normalized spacial score (nSPS) is 13.8. The molecule has 6 nitrogen and oxygen atoms in total. The van der Waals surface area contributed by atoms with Gasteiger partial charge in [-0.15, -0.1) is 0 Å². The molecule has 0 aromatic rings. The topological polar surface area (TPSA) is 73.9 Å². The van der Waals surface area contributed by atoms with E-state index >= 15 is 0 Å². The maximum Gasteiger partial charge on any atom is 0.222 e. The Bertz CT molecular complexity index is 338. The molecule has 0 bridgehead atoms. The molecule has 1 N–H and O–H groups in total. The molecule has 0 radical (unpaired) electrons. The van der Waals surface area contributed by atoms with Crippen molar-refractivity contribution in [1.82, 2.24) is 5.32 Å². The number of hydrogen-bond acceptors (Lipinski definition) is 5. The lowest BCUT2D eigenvalue weighted by molar-refractivity contribution is -0.125. The summed E-state index contributed by atoms with van der Waals surface area (Å²) < 4.78 is 29.5. The molecule has 0 heterocycles. The van der Waals surface area contributed by atoms with Crippen molar-refractivity contribution >= 4 is 11.7 Å². The molecule has 7 heteroatoms. The van der Waals surface area contributed by atoms with E-state index in [1.807, 2.05) is 0 Å². The van der Waals surface area contributed by atoms with Gasteiger partial charge in [0.05, 0.1) is 39.1 Å². The Hall–Kier alpha value is -1.05. The van der Waals surface area contributed by atoms with Gasteiger partial charge in [0.15, 0.2) is 5.78 Å². The Kier molecular flexibility index (Phi) is 12.8. The van der Waals surface area contributed by atoms with Crippen LogP contribution >= 0.6 is 0 Å². The fourth-order valence-corrected chi connectivity index (χ4v) is 1.47. The number of Topliss-reactive ketones (excluding diaryl/α,β-unsaturated/α-hetero) is 1. The standard InChI is InChI=1S/C16H30FNO5/c1-5-14(19)11-22-7-6-21-8-9-23-13(4)15(17)10-18-16(20)12(2)3/h12-13,15H,5-11H2,1-4H3,(H,18,20). The minimum absolute atomic E-state index is 0.0562. The fourth-order valence-electron chi connectivity index (χ4n) is 1.47. The van der Waals surface area contributed by atoms with E-state index in [9.17, 15) is 14.0 Å². The maximum absolute atomic E-state index is 13.8. The van der Waals surface area contributed by atoms with Crippen LogP contribution in [0.2, 0.25) is 0 Å². The molecule has 2 unspecified atom stereocenters. The molecule has 0 spiro atoms. The van der Waals surface area contributed by atoms with Crippen molar-refractivity contribution in [3.63, 3.8) is 0 Å². The number of ether oxygens (including phenoxy) is 3.